The predicted octanol–water partition coefficient (Wildman–Crippen LogP) is 1.33. The number of carbonyl (C=O) groups excluding carboxylic acids is 12. The predicted molar refractivity (Wildman–Crippen MR) is 415 cm³/mol. The van der Waals surface area contributed by atoms with E-state index in [0.717, 1.165) is 56.7 Å². The van der Waals surface area contributed by atoms with Crippen LogP contribution >= 0.6 is 56.7 Å². The fraction of sp³-hybridized carbons (Fsp3) is 0.417. The highest BCUT2D eigenvalue weighted by atomic mass is 32.1. The number of amides is 11. The summed E-state index contributed by atoms with van der Waals surface area (Å²) in [6.45, 7) is 24.9. The molecule has 17 atom stereocenters. The van der Waals surface area contributed by atoms with E-state index >= 15 is 14.4 Å². The molecule has 6 aromatic heterocycles. The molecule has 0 spiro atoms. The van der Waals surface area contributed by atoms with Crippen molar-refractivity contribution in [1.29, 1.82) is 0 Å². The van der Waals surface area contributed by atoms with Crippen LogP contribution in [0, 0.1) is 5.92 Å². The van der Waals surface area contributed by atoms with Crippen LogP contribution in [-0.4, -0.2) is 181 Å². The van der Waals surface area contributed by atoms with Crippen molar-refractivity contribution in [2.75, 3.05) is 0 Å². The second-order valence-corrected chi connectivity index (χ2v) is 32.2. The number of nitrogens with zero attached hydrogens (tertiary/aromatic N) is 6. The minimum atomic E-state index is -2.23. The summed E-state index contributed by atoms with van der Waals surface area (Å²) >= 11 is 4.36. The summed E-state index contributed by atoms with van der Waals surface area (Å²) in [5.74, 6) is -12.2. The summed E-state index contributed by atoms with van der Waals surface area (Å²) in [6.07, 6.45) is -3.01. The van der Waals surface area contributed by atoms with Crippen molar-refractivity contribution in [2.45, 2.75) is 185 Å². The first-order valence-corrected chi connectivity index (χ1v) is 40.0. The Kier molecular flexibility index (Phi) is 26.6. The van der Waals surface area contributed by atoms with Crippen LogP contribution in [0.25, 0.3) is 11.8 Å². The van der Waals surface area contributed by atoms with Crippen LogP contribution in [0.3, 0.4) is 0 Å². The van der Waals surface area contributed by atoms with Gasteiger partial charge in [-0.25, -0.2) is 34.7 Å². The number of aromatic nitrogens is 6. The van der Waals surface area contributed by atoms with E-state index in [1.807, 2.05) is 0 Å². The number of aliphatic hydroxyl groups is 5. The maximum Gasteiger partial charge on any atom is 0.357 e. The molecule has 606 valence electrons. The third-order valence-electron chi connectivity index (χ3n) is 19.5. The molecule has 3 unspecified atom stereocenters. The number of cyclic esters (lactones) is 1. The Hall–Kier alpha value is -10.6. The minimum Gasteiger partial charge on any atom is -0.455 e. The lowest BCUT2D eigenvalue weighted by Gasteiger charge is -2.46. The van der Waals surface area contributed by atoms with Crippen LogP contribution in [0.5, 0.6) is 0 Å². The number of aliphatic hydroxyl groups excluding tert-OH is 4. The molecule has 4 aliphatic rings. The molecule has 10 rings (SSSR count). The summed E-state index contributed by atoms with van der Waals surface area (Å²) in [6, 6.07) is -11.2. The van der Waals surface area contributed by atoms with E-state index in [0.29, 0.717) is 6.42 Å². The molecule has 0 aromatic carbocycles. The summed E-state index contributed by atoms with van der Waals surface area (Å²) < 4.78 is 6.27. The van der Waals surface area contributed by atoms with Crippen LogP contribution in [0.4, 0.5) is 0 Å². The summed E-state index contributed by atoms with van der Waals surface area (Å²) in [4.78, 5) is 198. The van der Waals surface area contributed by atoms with Gasteiger partial charge in [-0.1, -0.05) is 58.2 Å². The lowest BCUT2D eigenvalue weighted by molar-refractivity contribution is -0.131. The van der Waals surface area contributed by atoms with Gasteiger partial charge in [0.2, 0.25) is 23.6 Å². The average molecular weight is 1660 g/mol. The molecular weight excluding hydrogens is 1580 g/mol. The zero-order valence-electron chi connectivity index (χ0n) is 62.9. The first kappa shape index (κ1) is 85.8. The largest absolute Gasteiger partial charge is 0.455 e. The Morgan fingerprint density at radius 1 is 0.719 bits per heavy atom. The number of ether oxygens (including phenoxy) is 1. The number of carbonyl (C=O) groups is 12. The van der Waals surface area contributed by atoms with Crippen molar-refractivity contribution in [3.05, 3.63) is 158 Å². The van der Waals surface area contributed by atoms with Gasteiger partial charge >= 0.3 is 5.97 Å². The second-order valence-electron chi connectivity index (χ2n) is 27.8. The van der Waals surface area contributed by atoms with Crippen LogP contribution in [0.15, 0.2) is 81.9 Å². The standard InChI is InChI=1S/C72H85N19O18S5/c1-14-26(3)47-63(105)78-30(7)57(99)75-28(5)56(98)76-31(8)58(100)91-72-19-18-40(66-85-43(22-111-66)59(101)77-29(6)55(97)74-27(4)54(73)96)81-52(72)42-21-112-67(83-42)49(34(11)109-69(107)41-20-37(32(9)92)36-16-17-39(79-47)51(95)50(36)80-41)89-60(102)44-24-113-68(86-44)53(71(13,108)35(12)94)90-62(104)45-23-110-65(84-45)38(15-2)82-64(106)48(33(10)93)88-61(103)46-25-114-70(72)87-46/h15-17,20-26,30-35,39-40,47-49,51-53,79,81,92-95,108H,4-6,14,18-19H2,1-3,7-13H3,(H2,73,96)(H,74,97)(H,75,99)(H,76,98)(H,77,101)(H,78,105)(H,82,106)(H,88,103)(H,89,102)(H,90,104)(H,91,100)/b38-15-/t26-,30-,31-,32-,33+,34+,35+,39?,40?,47-,48-,49-,51-,52+,53+,71+,72?/m0/s1. The first-order chi connectivity index (χ1) is 53.7. The summed E-state index contributed by atoms with van der Waals surface area (Å²) in [7, 11) is 0. The van der Waals surface area contributed by atoms with Crippen LogP contribution < -0.4 is 69.5 Å². The Morgan fingerprint density at radius 3 is 2.04 bits per heavy atom. The van der Waals surface area contributed by atoms with Crippen LogP contribution in [-0.2, 0) is 43.8 Å². The average Bonchev–Trinajstić information content (AvgIpc) is 1.47. The number of piperidine rings is 1. The Morgan fingerprint density at radius 2 is 1.37 bits per heavy atom. The molecule has 13 bridgehead atoms. The number of esters is 1. The molecule has 1 saturated heterocycles. The summed E-state index contributed by atoms with van der Waals surface area (Å²) in [5, 5.41) is 97.2. The highest BCUT2D eigenvalue weighted by molar-refractivity contribution is 7.11. The molecular formula is C72H85N19O18S5. The molecule has 0 radical (unpaired) electrons. The van der Waals surface area contributed by atoms with Gasteiger partial charge in [-0.05, 0) is 85.8 Å². The molecule has 9 heterocycles. The number of pyridine rings is 1. The van der Waals surface area contributed by atoms with E-state index in [1.54, 1.807) is 26.0 Å². The normalized spacial score (nSPS) is 26.3. The molecule has 3 aliphatic heterocycles. The van der Waals surface area contributed by atoms with Gasteiger partial charge in [0.05, 0.1) is 76.7 Å². The number of thiazole rings is 5. The summed E-state index contributed by atoms with van der Waals surface area (Å²) in [5.41, 5.74) is -2.00. The van der Waals surface area contributed by atoms with Crippen molar-refractivity contribution in [3.63, 3.8) is 0 Å². The van der Waals surface area contributed by atoms with Crippen molar-refractivity contribution in [3.8, 4) is 0 Å². The molecule has 11 amide bonds. The molecule has 37 nitrogen and oxygen atoms in total. The highest BCUT2D eigenvalue weighted by Gasteiger charge is 2.52. The van der Waals surface area contributed by atoms with Crippen LogP contribution in [0.2, 0.25) is 0 Å². The second kappa shape index (κ2) is 35.4. The molecule has 6 aromatic rings. The third-order valence-corrected chi connectivity index (χ3v) is 24.2. The number of fused-ring (bicyclic) bond motifs is 8. The fourth-order valence-electron chi connectivity index (χ4n) is 12.4. The number of primary amides is 1. The molecule has 0 saturated carbocycles. The Labute approximate surface area is 671 Å². The van der Waals surface area contributed by atoms with E-state index < -0.39 is 196 Å². The SMILES string of the molecule is C=C(NC(=O)C(=C)NC(=O)c1csc(C2CCC34NC(=O)[C@H](C)NC(=O)C(=C)NC(=O)[C@H](C)NC(=O)[C@H]([C@@H](C)CC)NC5C=Cc6c([C@H](C)O)cc(nc6[C@H]5O)C(=O)O[C@H](C)[C@H](NC(=O)c5csc(n5)[C@H]([C@](C)(O)[C@@H](C)O)NC(=O)c5csc(n5)/C(=C/C)NC(=O)[C@H]([C@@H](C)O)NC(=O)c5csc3n5)c3nc(cs3)[C@H]4N2)n1)C(N)=O. The molecule has 19 N–H and O–H groups in total. The number of hydrogen-bond donors (Lipinski definition) is 18. The topological polar surface area (TPSA) is 563 Å². The maximum atomic E-state index is 15.4. The van der Waals surface area contributed by atoms with Gasteiger partial charge in [-0.15, -0.1) is 56.7 Å². The quantitative estimate of drug-likeness (QED) is 0.0607. The van der Waals surface area contributed by atoms with E-state index in [4.69, 9.17) is 20.4 Å². The monoisotopic (exact) mass is 1660 g/mol. The number of hydrogen-bond acceptors (Lipinski definition) is 31. The molecule has 1 aliphatic carbocycles. The zero-order chi connectivity index (χ0) is 83.4. The van der Waals surface area contributed by atoms with Crippen molar-refractivity contribution < 1.29 is 87.8 Å². The molecule has 1 fully saturated rings. The Bertz CT molecular complexity index is 4920. The third kappa shape index (κ3) is 18.6. The van der Waals surface area contributed by atoms with E-state index in [2.05, 4.69) is 103 Å². The maximum absolute atomic E-state index is 15.4. The van der Waals surface area contributed by atoms with E-state index in [1.165, 1.54) is 94.4 Å². The highest BCUT2D eigenvalue weighted by Crippen LogP contribution is 2.49. The fourth-order valence-corrected chi connectivity index (χ4v) is 17.1. The number of nitrogens with two attached hydrogens (primary N) is 1. The van der Waals surface area contributed by atoms with Gasteiger partial charge in [-0.3, -0.25) is 63.4 Å². The van der Waals surface area contributed by atoms with Gasteiger partial charge < -0.3 is 89.2 Å². The molecule has 114 heavy (non-hydrogen) atoms. The van der Waals surface area contributed by atoms with Gasteiger partial charge in [0.15, 0.2) is 0 Å². The smallest absolute Gasteiger partial charge is 0.357 e. The minimum absolute atomic E-state index is 0.00667. The Balaban J connectivity index is 1.16. The van der Waals surface area contributed by atoms with Gasteiger partial charge in [0.1, 0.15) is 107 Å². The number of nitrogens with one attached hydrogen (secondary N) is 12. The van der Waals surface area contributed by atoms with Crippen molar-refractivity contribution >= 4 is 139 Å². The van der Waals surface area contributed by atoms with Gasteiger partial charge in [-0.2, -0.15) is 0 Å². The van der Waals surface area contributed by atoms with E-state index in [-0.39, 0.29) is 88.9 Å². The lowest BCUT2D eigenvalue weighted by atomic mass is 9.78. The zero-order valence-corrected chi connectivity index (χ0v) is 67.0. The molecule has 42 heteroatoms. The van der Waals surface area contributed by atoms with E-state index in [9.17, 15) is 68.7 Å². The number of allylic oxidation sites excluding steroid dienone is 1. The number of rotatable bonds is 12. The van der Waals surface area contributed by atoms with Gasteiger partial charge in [0, 0.05) is 32.5 Å². The van der Waals surface area contributed by atoms with Crippen molar-refractivity contribution in [1.82, 2.24) is 93.7 Å². The first-order valence-electron chi connectivity index (χ1n) is 35.6. The lowest BCUT2D eigenvalue weighted by Crippen LogP contribution is -2.61. The van der Waals surface area contributed by atoms with Crippen LogP contribution in [0.1, 0.15) is 225 Å². The van der Waals surface area contributed by atoms with Crippen molar-refractivity contribution in [2.24, 2.45) is 11.7 Å². The van der Waals surface area contributed by atoms with Gasteiger partial charge in [0.25, 0.3) is 41.4 Å².